The zero-order valence-electron chi connectivity index (χ0n) is 8.72. The van der Waals surface area contributed by atoms with Gasteiger partial charge in [-0.05, 0) is 38.1 Å². The van der Waals surface area contributed by atoms with Crippen LogP contribution in [0.2, 0.25) is 0 Å². The molecule has 0 aliphatic heterocycles. The molecule has 0 spiro atoms. The van der Waals surface area contributed by atoms with E-state index in [-0.39, 0.29) is 19.1 Å². The van der Waals surface area contributed by atoms with Crippen molar-refractivity contribution in [1.29, 1.82) is 0 Å². The third-order valence-electron chi connectivity index (χ3n) is 2.57. The summed E-state index contributed by atoms with van der Waals surface area (Å²) in [5, 5.41) is 13.5. The standard InChI is InChI=1S/C9H15N3O3/c1-2-15-8(13)9(14)5-3-4-7(6-9)11-12-10/h7,14H,2-6H2,1H3. The first kappa shape index (κ1) is 11.8. The number of aliphatic hydroxyl groups is 1. The fraction of sp³-hybridized carbons (Fsp3) is 0.889. The molecule has 1 rings (SSSR count). The Morgan fingerprint density at radius 2 is 2.53 bits per heavy atom. The molecule has 1 N–H and O–H groups in total. The SMILES string of the molecule is CCOC(=O)C1(O)CCCC(N=[N+]=[N-])C1. The topological polar surface area (TPSA) is 95.3 Å². The normalized spacial score (nSPS) is 30.4. The first-order chi connectivity index (χ1) is 7.12. The Labute approximate surface area is 87.9 Å². The summed E-state index contributed by atoms with van der Waals surface area (Å²) < 4.78 is 4.79. The highest BCUT2D eigenvalue weighted by atomic mass is 16.5. The quantitative estimate of drug-likeness (QED) is 0.333. The lowest BCUT2D eigenvalue weighted by Crippen LogP contribution is -2.45. The monoisotopic (exact) mass is 213 g/mol. The van der Waals surface area contributed by atoms with Gasteiger partial charge in [-0.15, -0.1) is 0 Å². The van der Waals surface area contributed by atoms with Gasteiger partial charge in [0.1, 0.15) is 0 Å². The van der Waals surface area contributed by atoms with E-state index in [0.717, 1.165) is 0 Å². The highest BCUT2D eigenvalue weighted by Crippen LogP contribution is 2.31. The van der Waals surface area contributed by atoms with Crippen LogP contribution in [0.5, 0.6) is 0 Å². The van der Waals surface area contributed by atoms with Gasteiger partial charge in [0.2, 0.25) is 0 Å². The van der Waals surface area contributed by atoms with Gasteiger partial charge in [-0.1, -0.05) is 5.11 Å². The molecule has 2 unspecified atom stereocenters. The second-order valence-electron chi connectivity index (χ2n) is 3.71. The molecule has 0 saturated heterocycles. The number of esters is 1. The predicted molar refractivity (Wildman–Crippen MR) is 53.0 cm³/mol. The molecule has 0 aromatic carbocycles. The van der Waals surface area contributed by atoms with Crippen molar-refractivity contribution in [3.63, 3.8) is 0 Å². The molecule has 6 heteroatoms. The van der Waals surface area contributed by atoms with E-state index in [4.69, 9.17) is 10.3 Å². The van der Waals surface area contributed by atoms with Crippen LogP contribution in [0.15, 0.2) is 5.11 Å². The predicted octanol–water partition coefficient (Wildman–Crippen LogP) is 1.53. The average molecular weight is 213 g/mol. The molecule has 0 aromatic heterocycles. The molecule has 1 aliphatic rings. The maximum Gasteiger partial charge on any atom is 0.338 e. The van der Waals surface area contributed by atoms with E-state index in [1.54, 1.807) is 6.92 Å². The maximum absolute atomic E-state index is 11.5. The zero-order chi connectivity index (χ0) is 11.3. The Bertz CT molecular complexity index is 288. The Kier molecular flexibility index (Phi) is 3.94. The van der Waals surface area contributed by atoms with Gasteiger partial charge in [0, 0.05) is 11.0 Å². The van der Waals surface area contributed by atoms with Crippen LogP contribution in [0.25, 0.3) is 10.4 Å². The molecule has 0 heterocycles. The van der Waals surface area contributed by atoms with Crippen molar-refractivity contribution in [2.24, 2.45) is 5.11 Å². The summed E-state index contributed by atoms with van der Waals surface area (Å²) in [6.07, 6.45) is 1.92. The third-order valence-corrected chi connectivity index (χ3v) is 2.57. The molecule has 1 aliphatic carbocycles. The van der Waals surface area contributed by atoms with Gasteiger partial charge in [0.25, 0.3) is 0 Å². The van der Waals surface area contributed by atoms with Crippen molar-refractivity contribution < 1.29 is 14.6 Å². The molecule has 1 saturated carbocycles. The minimum Gasteiger partial charge on any atom is -0.464 e. The Morgan fingerprint density at radius 3 is 3.13 bits per heavy atom. The zero-order valence-corrected chi connectivity index (χ0v) is 8.72. The van der Waals surface area contributed by atoms with Crippen molar-refractivity contribution in [2.75, 3.05) is 6.61 Å². The number of azide groups is 1. The fourth-order valence-corrected chi connectivity index (χ4v) is 1.85. The number of ether oxygens (including phenoxy) is 1. The summed E-state index contributed by atoms with van der Waals surface area (Å²) in [7, 11) is 0. The first-order valence-electron chi connectivity index (χ1n) is 5.06. The second kappa shape index (κ2) is 5.00. The maximum atomic E-state index is 11.5. The largest absolute Gasteiger partial charge is 0.464 e. The van der Waals surface area contributed by atoms with E-state index in [0.29, 0.717) is 19.3 Å². The van der Waals surface area contributed by atoms with Crippen molar-refractivity contribution >= 4 is 5.97 Å². The van der Waals surface area contributed by atoms with Crippen LogP contribution in [-0.2, 0) is 9.53 Å². The fourth-order valence-electron chi connectivity index (χ4n) is 1.85. The summed E-state index contributed by atoms with van der Waals surface area (Å²) in [5.41, 5.74) is 6.83. The molecule has 2 atom stereocenters. The Morgan fingerprint density at radius 1 is 1.80 bits per heavy atom. The van der Waals surface area contributed by atoms with Crippen molar-refractivity contribution in [3.8, 4) is 0 Å². The van der Waals surface area contributed by atoms with Gasteiger partial charge in [-0.25, -0.2) is 4.79 Å². The summed E-state index contributed by atoms with van der Waals surface area (Å²) >= 11 is 0. The lowest BCUT2D eigenvalue weighted by molar-refractivity contribution is -0.168. The van der Waals surface area contributed by atoms with Gasteiger partial charge in [-0.3, -0.25) is 0 Å². The molecule has 0 amide bonds. The molecule has 1 fully saturated rings. The van der Waals surface area contributed by atoms with Crippen LogP contribution < -0.4 is 0 Å². The van der Waals surface area contributed by atoms with Crippen LogP contribution in [0.4, 0.5) is 0 Å². The lowest BCUT2D eigenvalue weighted by Gasteiger charge is -2.32. The molecule has 6 nitrogen and oxygen atoms in total. The number of hydrogen-bond donors (Lipinski definition) is 1. The highest BCUT2D eigenvalue weighted by molar-refractivity contribution is 5.79. The molecular weight excluding hydrogens is 198 g/mol. The van der Waals surface area contributed by atoms with Crippen molar-refractivity contribution in [3.05, 3.63) is 10.4 Å². The summed E-state index contributed by atoms with van der Waals surface area (Å²) in [4.78, 5) is 14.2. The van der Waals surface area contributed by atoms with Crippen LogP contribution in [0.1, 0.15) is 32.6 Å². The van der Waals surface area contributed by atoms with E-state index in [9.17, 15) is 9.90 Å². The highest BCUT2D eigenvalue weighted by Gasteiger charge is 2.41. The van der Waals surface area contributed by atoms with E-state index in [1.807, 2.05) is 0 Å². The van der Waals surface area contributed by atoms with E-state index in [2.05, 4.69) is 10.0 Å². The smallest absolute Gasteiger partial charge is 0.338 e. The van der Waals surface area contributed by atoms with Gasteiger partial charge in [-0.2, -0.15) is 0 Å². The molecule has 15 heavy (non-hydrogen) atoms. The Balaban J connectivity index is 2.67. The lowest BCUT2D eigenvalue weighted by atomic mass is 9.82. The van der Waals surface area contributed by atoms with Crippen LogP contribution >= 0.6 is 0 Å². The summed E-state index contributed by atoms with van der Waals surface area (Å²) in [6.45, 7) is 1.93. The Hall–Kier alpha value is -1.26. The number of carbonyl (C=O) groups excluding carboxylic acids is 1. The van der Waals surface area contributed by atoms with E-state index < -0.39 is 11.6 Å². The number of hydrogen-bond acceptors (Lipinski definition) is 4. The molecule has 0 radical (unpaired) electrons. The molecule has 84 valence electrons. The van der Waals surface area contributed by atoms with Crippen LogP contribution in [0, 0.1) is 0 Å². The number of nitrogens with zero attached hydrogens (tertiary/aromatic N) is 3. The molecular formula is C9H15N3O3. The number of rotatable bonds is 3. The van der Waals surface area contributed by atoms with Gasteiger partial charge in [0.15, 0.2) is 5.60 Å². The molecule has 0 bridgehead atoms. The number of carbonyl (C=O) groups is 1. The van der Waals surface area contributed by atoms with E-state index in [1.165, 1.54) is 0 Å². The van der Waals surface area contributed by atoms with Gasteiger partial charge >= 0.3 is 5.97 Å². The third kappa shape index (κ3) is 2.84. The van der Waals surface area contributed by atoms with Crippen molar-refractivity contribution in [2.45, 2.75) is 44.2 Å². The van der Waals surface area contributed by atoms with Gasteiger partial charge < -0.3 is 9.84 Å². The summed E-state index contributed by atoms with van der Waals surface area (Å²) in [5.74, 6) is -0.608. The van der Waals surface area contributed by atoms with Crippen LogP contribution in [-0.4, -0.2) is 29.3 Å². The first-order valence-corrected chi connectivity index (χ1v) is 5.06. The molecule has 0 aromatic rings. The van der Waals surface area contributed by atoms with Crippen LogP contribution in [0.3, 0.4) is 0 Å². The van der Waals surface area contributed by atoms with Gasteiger partial charge in [0.05, 0.1) is 6.61 Å². The summed E-state index contributed by atoms with van der Waals surface area (Å²) in [6, 6.07) is -0.307. The minimum atomic E-state index is -1.47. The van der Waals surface area contributed by atoms with Crippen molar-refractivity contribution in [1.82, 2.24) is 0 Å². The minimum absolute atomic E-state index is 0.163. The van der Waals surface area contributed by atoms with E-state index >= 15 is 0 Å². The average Bonchev–Trinajstić information content (AvgIpc) is 2.19. The second-order valence-corrected chi connectivity index (χ2v) is 3.71.